The molecule has 3 aromatic rings. The second-order valence-corrected chi connectivity index (χ2v) is 4.83. The third-order valence-corrected chi connectivity index (χ3v) is 3.14. The third-order valence-electron chi connectivity index (χ3n) is 3.14. The zero-order valence-corrected chi connectivity index (χ0v) is 13.2. The maximum Gasteiger partial charge on any atom is 0.355 e. The summed E-state index contributed by atoms with van der Waals surface area (Å²) in [5, 5.41) is 14.3. The van der Waals surface area contributed by atoms with E-state index in [1.54, 1.807) is 24.3 Å². The van der Waals surface area contributed by atoms with Crippen LogP contribution < -0.4 is 16.2 Å². The highest BCUT2D eigenvalue weighted by atomic mass is 16.6. The summed E-state index contributed by atoms with van der Waals surface area (Å²) in [5.74, 6) is -0.779. The van der Waals surface area contributed by atoms with Gasteiger partial charge in [-0.3, -0.25) is 35.7 Å². The number of aromatic nitrogens is 4. The SMILES string of the molecule is O=C(NNc1ncnc(Nc2ccncc2)c1[N+](=O)[O-])c1ccccn1. The zero-order chi connectivity index (χ0) is 18.4. The summed E-state index contributed by atoms with van der Waals surface area (Å²) in [6.45, 7) is 0. The molecule has 130 valence electrons. The van der Waals surface area contributed by atoms with Crippen LogP contribution in [0.5, 0.6) is 0 Å². The van der Waals surface area contributed by atoms with Crippen LogP contribution in [0.2, 0.25) is 0 Å². The van der Waals surface area contributed by atoms with Gasteiger partial charge in [0.15, 0.2) is 0 Å². The number of pyridine rings is 2. The van der Waals surface area contributed by atoms with Crippen LogP contribution >= 0.6 is 0 Å². The quantitative estimate of drug-likeness (QED) is 0.445. The van der Waals surface area contributed by atoms with Crippen molar-refractivity contribution < 1.29 is 9.72 Å². The van der Waals surface area contributed by atoms with Gasteiger partial charge in [-0.2, -0.15) is 0 Å². The molecular weight excluding hydrogens is 340 g/mol. The summed E-state index contributed by atoms with van der Waals surface area (Å²) in [6, 6.07) is 8.06. The Balaban J connectivity index is 1.82. The Kier molecular flexibility index (Phi) is 4.89. The van der Waals surface area contributed by atoms with Crippen molar-refractivity contribution in [2.75, 3.05) is 10.7 Å². The molecule has 1 amide bonds. The van der Waals surface area contributed by atoms with Crippen molar-refractivity contribution in [1.82, 2.24) is 25.4 Å². The molecular formula is C15H12N8O3. The fourth-order valence-electron chi connectivity index (χ4n) is 1.98. The van der Waals surface area contributed by atoms with Crippen molar-refractivity contribution in [3.05, 3.63) is 71.1 Å². The minimum Gasteiger partial charge on any atom is -0.334 e. The minimum absolute atomic E-state index is 0.0363. The Bertz CT molecular complexity index is 921. The van der Waals surface area contributed by atoms with E-state index in [4.69, 9.17) is 0 Å². The van der Waals surface area contributed by atoms with E-state index in [0.29, 0.717) is 5.69 Å². The number of rotatable bonds is 6. The summed E-state index contributed by atoms with van der Waals surface area (Å²) in [6.07, 6.45) is 5.65. The summed E-state index contributed by atoms with van der Waals surface area (Å²) in [7, 11) is 0. The van der Waals surface area contributed by atoms with Gasteiger partial charge in [-0.05, 0) is 24.3 Å². The van der Waals surface area contributed by atoms with Gasteiger partial charge in [0.25, 0.3) is 5.91 Å². The van der Waals surface area contributed by atoms with Crippen LogP contribution in [0, 0.1) is 10.1 Å². The summed E-state index contributed by atoms with van der Waals surface area (Å²) in [4.78, 5) is 38.3. The van der Waals surface area contributed by atoms with Gasteiger partial charge in [0.05, 0.1) is 4.92 Å². The average molecular weight is 352 g/mol. The lowest BCUT2D eigenvalue weighted by atomic mass is 10.3. The lowest BCUT2D eigenvalue weighted by Crippen LogP contribution is -2.31. The molecule has 0 aliphatic heterocycles. The second-order valence-electron chi connectivity index (χ2n) is 4.83. The molecule has 0 spiro atoms. The van der Waals surface area contributed by atoms with Crippen LogP contribution in [-0.2, 0) is 0 Å². The minimum atomic E-state index is -0.654. The van der Waals surface area contributed by atoms with E-state index in [9.17, 15) is 14.9 Å². The summed E-state index contributed by atoms with van der Waals surface area (Å²) >= 11 is 0. The molecule has 0 atom stereocenters. The zero-order valence-electron chi connectivity index (χ0n) is 13.2. The summed E-state index contributed by atoms with van der Waals surface area (Å²) in [5.41, 5.74) is 5.03. The molecule has 0 saturated heterocycles. The van der Waals surface area contributed by atoms with Crippen LogP contribution in [0.15, 0.2) is 55.2 Å². The van der Waals surface area contributed by atoms with Crippen molar-refractivity contribution in [2.24, 2.45) is 0 Å². The smallest absolute Gasteiger partial charge is 0.334 e. The molecule has 0 fully saturated rings. The number of nitro groups is 1. The van der Waals surface area contributed by atoms with Crippen LogP contribution in [0.1, 0.15) is 10.5 Å². The maximum absolute atomic E-state index is 12.0. The molecule has 0 unspecified atom stereocenters. The van der Waals surface area contributed by atoms with Crippen molar-refractivity contribution >= 4 is 28.9 Å². The van der Waals surface area contributed by atoms with E-state index in [1.165, 1.54) is 24.7 Å². The first-order valence-corrected chi connectivity index (χ1v) is 7.29. The van der Waals surface area contributed by atoms with Crippen molar-refractivity contribution in [1.29, 1.82) is 0 Å². The largest absolute Gasteiger partial charge is 0.355 e. The van der Waals surface area contributed by atoms with Crippen molar-refractivity contribution in [3.63, 3.8) is 0 Å². The van der Waals surface area contributed by atoms with Gasteiger partial charge in [0, 0.05) is 24.3 Å². The van der Waals surface area contributed by atoms with Gasteiger partial charge < -0.3 is 5.32 Å². The van der Waals surface area contributed by atoms with E-state index >= 15 is 0 Å². The number of anilines is 3. The molecule has 0 aliphatic rings. The molecule has 0 saturated carbocycles. The summed E-state index contributed by atoms with van der Waals surface area (Å²) < 4.78 is 0. The second kappa shape index (κ2) is 7.61. The number of carbonyl (C=O) groups is 1. The van der Waals surface area contributed by atoms with E-state index in [1.807, 2.05) is 0 Å². The molecule has 3 aromatic heterocycles. The number of hydrogen-bond acceptors (Lipinski definition) is 9. The number of carbonyl (C=O) groups excluding carboxylic acids is 1. The maximum atomic E-state index is 12.0. The molecule has 26 heavy (non-hydrogen) atoms. The molecule has 3 N–H and O–H groups in total. The van der Waals surface area contributed by atoms with E-state index in [2.05, 4.69) is 36.1 Å². The van der Waals surface area contributed by atoms with E-state index < -0.39 is 16.5 Å². The molecule has 0 bridgehead atoms. The van der Waals surface area contributed by atoms with Gasteiger partial charge in [0.2, 0.25) is 11.6 Å². The topological polar surface area (TPSA) is 148 Å². The number of nitrogens with one attached hydrogen (secondary N) is 3. The highest BCUT2D eigenvalue weighted by Crippen LogP contribution is 2.30. The Labute approximate surface area is 146 Å². The molecule has 0 aromatic carbocycles. The Morgan fingerprint density at radius 1 is 1.00 bits per heavy atom. The fourth-order valence-corrected chi connectivity index (χ4v) is 1.98. The predicted molar refractivity (Wildman–Crippen MR) is 91.5 cm³/mol. The standard InChI is InChI=1S/C15H12N8O3/c24-15(11-3-1-2-6-17-11)22-21-14-12(23(25)26)13(18-9-19-14)20-10-4-7-16-8-5-10/h1-9H,(H,22,24)(H2,16,18,19,20,21). The molecule has 0 aliphatic carbocycles. The molecule has 11 heteroatoms. The van der Waals surface area contributed by atoms with Gasteiger partial charge in [-0.1, -0.05) is 6.07 Å². The van der Waals surface area contributed by atoms with Gasteiger partial charge in [0.1, 0.15) is 12.0 Å². The van der Waals surface area contributed by atoms with Gasteiger partial charge in [-0.25, -0.2) is 9.97 Å². The van der Waals surface area contributed by atoms with Gasteiger partial charge >= 0.3 is 5.69 Å². The normalized spacial score (nSPS) is 10.0. The predicted octanol–water partition coefficient (Wildman–Crippen LogP) is 1.68. The van der Waals surface area contributed by atoms with Gasteiger partial charge in [-0.15, -0.1) is 0 Å². The fraction of sp³-hybridized carbons (Fsp3) is 0. The first-order chi connectivity index (χ1) is 12.6. The van der Waals surface area contributed by atoms with Crippen LogP contribution in [0.3, 0.4) is 0 Å². The first-order valence-electron chi connectivity index (χ1n) is 7.29. The number of nitrogens with zero attached hydrogens (tertiary/aromatic N) is 5. The van der Waals surface area contributed by atoms with Crippen LogP contribution in [-0.4, -0.2) is 30.8 Å². The Hall–Kier alpha value is -4.15. The molecule has 11 nitrogen and oxygen atoms in total. The molecule has 3 heterocycles. The third kappa shape index (κ3) is 3.84. The number of amides is 1. The first kappa shape index (κ1) is 16.7. The van der Waals surface area contributed by atoms with Crippen LogP contribution in [0.25, 0.3) is 0 Å². The average Bonchev–Trinajstić information content (AvgIpc) is 2.67. The number of hydrazine groups is 1. The van der Waals surface area contributed by atoms with E-state index in [0.717, 1.165) is 6.33 Å². The Morgan fingerprint density at radius 2 is 1.77 bits per heavy atom. The van der Waals surface area contributed by atoms with Crippen molar-refractivity contribution in [3.8, 4) is 0 Å². The molecule has 3 rings (SSSR count). The lowest BCUT2D eigenvalue weighted by molar-refractivity contribution is -0.383. The number of hydrogen-bond donors (Lipinski definition) is 3. The lowest BCUT2D eigenvalue weighted by Gasteiger charge is -2.10. The molecule has 0 radical (unpaired) electrons. The highest BCUT2D eigenvalue weighted by molar-refractivity contribution is 5.93. The highest BCUT2D eigenvalue weighted by Gasteiger charge is 2.23. The Morgan fingerprint density at radius 3 is 2.46 bits per heavy atom. The van der Waals surface area contributed by atoms with Crippen molar-refractivity contribution in [2.45, 2.75) is 0 Å². The van der Waals surface area contributed by atoms with Crippen LogP contribution in [0.4, 0.5) is 23.0 Å². The monoisotopic (exact) mass is 352 g/mol. The van der Waals surface area contributed by atoms with E-state index in [-0.39, 0.29) is 17.3 Å².